The summed E-state index contributed by atoms with van der Waals surface area (Å²) in [6, 6.07) is 6.25. The first-order valence-electron chi connectivity index (χ1n) is 5.28. The lowest BCUT2D eigenvalue weighted by Gasteiger charge is -2.09. The van der Waals surface area contributed by atoms with Crippen LogP contribution in [-0.4, -0.2) is 9.55 Å². The van der Waals surface area contributed by atoms with Gasteiger partial charge in [-0.25, -0.2) is 4.98 Å². The van der Waals surface area contributed by atoms with Crippen molar-refractivity contribution in [3.05, 3.63) is 40.6 Å². The van der Waals surface area contributed by atoms with Gasteiger partial charge in [0.05, 0.1) is 0 Å². The van der Waals surface area contributed by atoms with E-state index in [2.05, 4.69) is 39.1 Å². The van der Waals surface area contributed by atoms with Crippen molar-refractivity contribution in [3.63, 3.8) is 0 Å². The minimum absolute atomic E-state index is 0.0542. The van der Waals surface area contributed by atoms with E-state index in [-0.39, 0.29) is 6.04 Å². The summed E-state index contributed by atoms with van der Waals surface area (Å²) in [6.07, 6.45) is 3.74. The molecule has 2 aromatic rings. The van der Waals surface area contributed by atoms with Crippen LogP contribution in [0.25, 0.3) is 0 Å². The van der Waals surface area contributed by atoms with Gasteiger partial charge in [0.15, 0.2) is 5.16 Å². The maximum atomic E-state index is 5.85. The molecule has 2 rings (SSSR count). The first-order chi connectivity index (χ1) is 8.08. The summed E-state index contributed by atoms with van der Waals surface area (Å²) in [6.45, 7) is 1.98. The van der Waals surface area contributed by atoms with Gasteiger partial charge in [0, 0.05) is 34.9 Å². The van der Waals surface area contributed by atoms with Crippen LogP contribution in [0.2, 0.25) is 0 Å². The van der Waals surface area contributed by atoms with Crippen molar-refractivity contribution < 1.29 is 0 Å². The average Bonchev–Trinajstić information content (AvgIpc) is 2.67. The molecule has 0 saturated carbocycles. The van der Waals surface area contributed by atoms with Gasteiger partial charge in [-0.3, -0.25) is 0 Å². The van der Waals surface area contributed by atoms with Crippen molar-refractivity contribution in [2.45, 2.75) is 23.0 Å². The number of nitrogens with two attached hydrogens (primary N) is 1. The fraction of sp³-hybridized carbons (Fsp3) is 0.250. The van der Waals surface area contributed by atoms with E-state index in [9.17, 15) is 0 Å². The zero-order valence-corrected chi connectivity index (χ0v) is 12.1. The molecule has 0 unspecified atom stereocenters. The molecule has 0 bridgehead atoms. The maximum absolute atomic E-state index is 5.85. The van der Waals surface area contributed by atoms with E-state index < -0.39 is 0 Å². The summed E-state index contributed by atoms with van der Waals surface area (Å²) in [5, 5.41) is 0.972. The van der Waals surface area contributed by atoms with E-state index in [0.29, 0.717) is 0 Å². The maximum Gasteiger partial charge on any atom is 0.172 e. The van der Waals surface area contributed by atoms with Gasteiger partial charge in [-0.05, 0) is 40.5 Å². The van der Waals surface area contributed by atoms with Crippen LogP contribution in [0.4, 0.5) is 0 Å². The summed E-state index contributed by atoms with van der Waals surface area (Å²) in [5.41, 5.74) is 6.97. The summed E-state index contributed by atoms with van der Waals surface area (Å²) >= 11 is 5.20. The van der Waals surface area contributed by atoms with Gasteiger partial charge in [0.1, 0.15) is 0 Å². The molecular formula is C12H14BrN3S. The van der Waals surface area contributed by atoms with Crippen molar-refractivity contribution in [1.29, 1.82) is 0 Å². The lowest BCUT2D eigenvalue weighted by molar-refractivity contribution is 0.789. The molecule has 0 saturated heterocycles. The number of benzene rings is 1. The third kappa shape index (κ3) is 2.91. The van der Waals surface area contributed by atoms with Crippen LogP contribution in [0.15, 0.2) is 45.1 Å². The molecule has 5 heteroatoms. The van der Waals surface area contributed by atoms with E-state index >= 15 is 0 Å². The Kier molecular flexibility index (Phi) is 3.91. The fourth-order valence-corrected chi connectivity index (χ4v) is 2.88. The monoisotopic (exact) mass is 311 g/mol. The highest BCUT2D eigenvalue weighted by Gasteiger charge is 2.08. The van der Waals surface area contributed by atoms with Crippen LogP contribution in [0.1, 0.15) is 18.5 Å². The molecule has 1 aromatic carbocycles. The molecule has 1 heterocycles. The molecule has 0 spiro atoms. The summed E-state index contributed by atoms with van der Waals surface area (Å²) < 4.78 is 3.05. The molecule has 0 aliphatic heterocycles. The minimum atomic E-state index is 0.0542. The number of hydrogen-bond donors (Lipinski definition) is 1. The first-order valence-corrected chi connectivity index (χ1v) is 6.89. The minimum Gasteiger partial charge on any atom is -0.329 e. The van der Waals surface area contributed by atoms with Gasteiger partial charge in [-0.1, -0.05) is 17.8 Å². The van der Waals surface area contributed by atoms with Crippen LogP contribution in [0.3, 0.4) is 0 Å². The molecule has 3 nitrogen and oxygen atoms in total. The smallest absolute Gasteiger partial charge is 0.172 e. The second-order valence-corrected chi connectivity index (χ2v) is 5.76. The Hall–Kier alpha value is -0.780. The number of rotatable bonds is 3. The lowest BCUT2D eigenvalue weighted by Crippen LogP contribution is -2.04. The van der Waals surface area contributed by atoms with Crippen molar-refractivity contribution in [1.82, 2.24) is 9.55 Å². The molecule has 0 aliphatic carbocycles. The van der Waals surface area contributed by atoms with Crippen LogP contribution < -0.4 is 5.73 Å². The molecular weight excluding hydrogens is 298 g/mol. The number of aryl methyl sites for hydroxylation is 1. The van der Waals surface area contributed by atoms with Crippen molar-refractivity contribution in [2.24, 2.45) is 12.8 Å². The zero-order valence-electron chi connectivity index (χ0n) is 9.72. The van der Waals surface area contributed by atoms with E-state index in [1.807, 2.05) is 24.7 Å². The van der Waals surface area contributed by atoms with E-state index in [0.717, 1.165) is 20.1 Å². The Morgan fingerprint density at radius 3 is 2.76 bits per heavy atom. The van der Waals surface area contributed by atoms with Crippen molar-refractivity contribution >= 4 is 27.7 Å². The standard InChI is InChI=1S/C12H14BrN3S/c1-8(14)9-3-4-11(10(13)7-9)17-12-15-5-6-16(12)2/h3-8H,14H2,1-2H3/t8-/m0/s1. The van der Waals surface area contributed by atoms with Crippen molar-refractivity contribution in [3.8, 4) is 0 Å². The predicted octanol–water partition coefficient (Wildman–Crippen LogP) is 3.35. The Morgan fingerprint density at radius 1 is 1.47 bits per heavy atom. The van der Waals surface area contributed by atoms with E-state index in [1.165, 1.54) is 0 Å². The fourth-order valence-electron chi connectivity index (χ4n) is 1.43. The molecule has 0 amide bonds. The SMILES string of the molecule is C[C@H](N)c1ccc(Sc2nccn2C)c(Br)c1. The van der Waals surface area contributed by atoms with Crippen LogP contribution in [0.5, 0.6) is 0 Å². The summed E-state index contributed by atoms with van der Waals surface area (Å²) in [5.74, 6) is 0. The zero-order chi connectivity index (χ0) is 12.4. The normalized spacial score (nSPS) is 12.7. The largest absolute Gasteiger partial charge is 0.329 e. The van der Waals surface area contributed by atoms with Gasteiger partial charge < -0.3 is 10.3 Å². The topological polar surface area (TPSA) is 43.8 Å². The van der Waals surface area contributed by atoms with Crippen LogP contribution in [-0.2, 0) is 7.05 Å². The predicted molar refractivity (Wildman–Crippen MR) is 74.1 cm³/mol. The average molecular weight is 312 g/mol. The number of hydrogen-bond acceptors (Lipinski definition) is 3. The highest BCUT2D eigenvalue weighted by molar-refractivity contribution is 9.10. The van der Waals surface area contributed by atoms with Crippen LogP contribution >= 0.6 is 27.7 Å². The molecule has 1 atom stereocenters. The Labute approximate surface area is 114 Å². The molecule has 17 heavy (non-hydrogen) atoms. The number of aromatic nitrogens is 2. The first kappa shape index (κ1) is 12.7. The number of nitrogens with zero attached hydrogens (tertiary/aromatic N) is 2. The summed E-state index contributed by atoms with van der Waals surface area (Å²) in [4.78, 5) is 5.43. The quantitative estimate of drug-likeness (QED) is 0.945. The highest BCUT2D eigenvalue weighted by Crippen LogP contribution is 2.33. The molecule has 0 radical (unpaired) electrons. The molecule has 0 aliphatic rings. The van der Waals surface area contributed by atoms with Gasteiger partial charge in [-0.15, -0.1) is 0 Å². The third-order valence-corrected chi connectivity index (χ3v) is 4.53. The van der Waals surface area contributed by atoms with Gasteiger partial charge in [-0.2, -0.15) is 0 Å². The third-order valence-electron chi connectivity index (χ3n) is 2.46. The Bertz CT molecular complexity index is 522. The van der Waals surface area contributed by atoms with Gasteiger partial charge >= 0.3 is 0 Å². The molecule has 0 fully saturated rings. The second-order valence-electron chi connectivity index (χ2n) is 3.90. The van der Waals surface area contributed by atoms with E-state index in [4.69, 9.17) is 5.73 Å². The van der Waals surface area contributed by atoms with Crippen molar-refractivity contribution in [2.75, 3.05) is 0 Å². The van der Waals surface area contributed by atoms with Crippen LogP contribution in [0, 0.1) is 0 Å². The Balaban J connectivity index is 2.26. The molecule has 90 valence electrons. The van der Waals surface area contributed by atoms with Gasteiger partial charge in [0.2, 0.25) is 0 Å². The van der Waals surface area contributed by atoms with Gasteiger partial charge in [0.25, 0.3) is 0 Å². The molecule has 1 aromatic heterocycles. The molecule has 2 N–H and O–H groups in total. The lowest BCUT2D eigenvalue weighted by atomic mass is 10.1. The highest BCUT2D eigenvalue weighted by atomic mass is 79.9. The second kappa shape index (κ2) is 5.25. The van der Waals surface area contributed by atoms with E-state index in [1.54, 1.807) is 18.0 Å². The number of imidazole rings is 1. The number of halogens is 1. The Morgan fingerprint density at radius 2 is 2.24 bits per heavy atom. The summed E-state index contributed by atoms with van der Waals surface area (Å²) in [7, 11) is 1.99.